The van der Waals surface area contributed by atoms with Crippen LogP contribution < -0.4 is 24.8 Å². The number of methoxy groups -OCH3 is 1. The SMILES string of the molecule is COc1ccccc1OCC(=O)NC(=S)Nc1ccc(S(=O)(=O)Nc2nc(C)cc(C)n2)cc1. The average Bonchev–Trinajstić information content (AvgIpc) is 2.77. The molecule has 0 aliphatic carbocycles. The molecule has 1 amide bonds. The minimum Gasteiger partial charge on any atom is -0.493 e. The molecule has 178 valence electrons. The van der Waals surface area contributed by atoms with Gasteiger partial charge in [-0.3, -0.25) is 10.1 Å². The zero-order valence-corrected chi connectivity index (χ0v) is 20.3. The van der Waals surface area contributed by atoms with Crippen LogP contribution in [0.2, 0.25) is 0 Å². The Bertz CT molecular complexity index is 1280. The van der Waals surface area contributed by atoms with Crippen LogP contribution in [0, 0.1) is 13.8 Å². The summed E-state index contributed by atoms with van der Waals surface area (Å²) in [6.45, 7) is 3.23. The molecule has 0 saturated carbocycles. The fourth-order valence-electron chi connectivity index (χ4n) is 2.87. The van der Waals surface area contributed by atoms with Crippen LogP contribution in [-0.2, 0) is 14.8 Å². The highest BCUT2D eigenvalue weighted by atomic mass is 32.2. The van der Waals surface area contributed by atoms with E-state index >= 15 is 0 Å². The number of nitrogens with zero attached hydrogens (tertiary/aromatic N) is 2. The third-order valence-corrected chi connectivity index (χ3v) is 5.86. The van der Waals surface area contributed by atoms with Crippen molar-refractivity contribution in [2.45, 2.75) is 18.7 Å². The van der Waals surface area contributed by atoms with Crippen molar-refractivity contribution in [2.24, 2.45) is 0 Å². The van der Waals surface area contributed by atoms with Crippen molar-refractivity contribution in [3.8, 4) is 11.5 Å². The van der Waals surface area contributed by atoms with Crippen molar-refractivity contribution in [1.82, 2.24) is 15.3 Å². The molecule has 1 aromatic heterocycles. The number of para-hydroxylation sites is 2. The van der Waals surface area contributed by atoms with E-state index in [4.69, 9.17) is 21.7 Å². The number of aryl methyl sites for hydroxylation is 2. The van der Waals surface area contributed by atoms with Crippen molar-refractivity contribution >= 4 is 44.9 Å². The van der Waals surface area contributed by atoms with Crippen LogP contribution in [-0.4, -0.2) is 43.1 Å². The molecule has 0 atom stereocenters. The summed E-state index contributed by atoms with van der Waals surface area (Å²) in [5, 5.41) is 5.34. The minimum absolute atomic E-state index is 0.000988. The summed E-state index contributed by atoms with van der Waals surface area (Å²) in [6, 6.07) is 14.5. The standard InChI is InChI=1S/C22H23N5O5S2/c1-14-12-15(2)24-21(23-14)27-34(29,30)17-10-8-16(9-11-17)25-22(33)26-20(28)13-32-19-7-5-4-6-18(19)31-3/h4-12H,13H2,1-3H3,(H,23,24,27)(H2,25,26,28,33). The number of amides is 1. The van der Waals surface area contributed by atoms with E-state index in [9.17, 15) is 13.2 Å². The number of hydrogen-bond acceptors (Lipinski definition) is 8. The number of aromatic nitrogens is 2. The molecule has 3 rings (SSSR count). The Morgan fingerprint density at radius 3 is 2.24 bits per heavy atom. The maximum atomic E-state index is 12.6. The molecule has 1 heterocycles. The van der Waals surface area contributed by atoms with E-state index in [1.54, 1.807) is 44.2 Å². The van der Waals surface area contributed by atoms with E-state index in [-0.39, 0.29) is 22.6 Å². The van der Waals surface area contributed by atoms with Crippen molar-refractivity contribution in [2.75, 3.05) is 23.8 Å². The van der Waals surface area contributed by atoms with Gasteiger partial charge in [-0.2, -0.15) is 0 Å². The Morgan fingerprint density at radius 2 is 1.62 bits per heavy atom. The molecule has 10 nitrogen and oxygen atoms in total. The van der Waals surface area contributed by atoms with Crippen LogP contribution in [0.5, 0.6) is 11.5 Å². The summed E-state index contributed by atoms with van der Waals surface area (Å²) in [7, 11) is -2.38. The van der Waals surface area contributed by atoms with Crippen LogP contribution >= 0.6 is 12.2 Å². The number of ether oxygens (including phenoxy) is 2. The quantitative estimate of drug-likeness (QED) is 0.399. The topological polar surface area (TPSA) is 132 Å². The second-order valence-corrected chi connectivity index (χ2v) is 9.14. The maximum Gasteiger partial charge on any atom is 0.264 e. The van der Waals surface area contributed by atoms with Gasteiger partial charge in [-0.05, 0) is 68.5 Å². The summed E-state index contributed by atoms with van der Waals surface area (Å²) in [5.74, 6) is 0.458. The highest BCUT2D eigenvalue weighted by molar-refractivity contribution is 7.92. The van der Waals surface area contributed by atoms with E-state index < -0.39 is 15.9 Å². The van der Waals surface area contributed by atoms with Crippen LogP contribution in [0.15, 0.2) is 59.5 Å². The molecule has 12 heteroatoms. The average molecular weight is 502 g/mol. The predicted octanol–water partition coefficient (Wildman–Crippen LogP) is 2.79. The van der Waals surface area contributed by atoms with Gasteiger partial charge in [0.15, 0.2) is 23.2 Å². The summed E-state index contributed by atoms with van der Waals surface area (Å²) >= 11 is 5.14. The van der Waals surface area contributed by atoms with Gasteiger partial charge in [0.1, 0.15) is 0 Å². The summed E-state index contributed by atoms with van der Waals surface area (Å²) in [4.78, 5) is 20.3. The molecule has 0 radical (unpaired) electrons. The van der Waals surface area contributed by atoms with Crippen molar-refractivity contribution in [3.05, 3.63) is 66.0 Å². The van der Waals surface area contributed by atoms with E-state index in [1.807, 2.05) is 0 Å². The zero-order valence-electron chi connectivity index (χ0n) is 18.7. The lowest BCUT2D eigenvalue weighted by atomic mass is 10.3. The lowest BCUT2D eigenvalue weighted by Gasteiger charge is -2.12. The first-order valence-corrected chi connectivity index (χ1v) is 11.9. The van der Waals surface area contributed by atoms with E-state index in [2.05, 4.69) is 25.3 Å². The van der Waals surface area contributed by atoms with Gasteiger partial charge in [0.25, 0.3) is 15.9 Å². The molecule has 0 spiro atoms. The van der Waals surface area contributed by atoms with Gasteiger partial charge in [0, 0.05) is 17.1 Å². The van der Waals surface area contributed by atoms with Gasteiger partial charge in [-0.1, -0.05) is 12.1 Å². The first-order chi connectivity index (χ1) is 16.2. The highest BCUT2D eigenvalue weighted by Crippen LogP contribution is 2.25. The number of rotatable bonds is 8. The molecule has 0 aliphatic rings. The first-order valence-electron chi connectivity index (χ1n) is 9.98. The second-order valence-electron chi connectivity index (χ2n) is 7.05. The Balaban J connectivity index is 1.55. The first kappa shape index (κ1) is 24.9. The number of hydrogen-bond donors (Lipinski definition) is 3. The Hall–Kier alpha value is -3.77. The van der Waals surface area contributed by atoms with Crippen LogP contribution in [0.1, 0.15) is 11.4 Å². The van der Waals surface area contributed by atoms with Gasteiger partial charge in [0.05, 0.1) is 12.0 Å². The second kappa shape index (κ2) is 10.9. The van der Waals surface area contributed by atoms with Crippen molar-refractivity contribution < 1.29 is 22.7 Å². The van der Waals surface area contributed by atoms with E-state index in [0.717, 1.165) is 0 Å². The zero-order chi connectivity index (χ0) is 24.7. The van der Waals surface area contributed by atoms with Gasteiger partial charge in [-0.15, -0.1) is 0 Å². The Morgan fingerprint density at radius 1 is 1.00 bits per heavy atom. The third-order valence-electron chi connectivity index (χ3n) is 4.31. The number of carbonyl (C=O) groups is 1. The number of benzene rings is 2. The van der Waals surface area contributed by atoms with E-state index in [1.165, 1.54) is 31.4 Å². The molecule has 0 unspecified atom stereocenters. The molecule has 3 aromatic rings. The predicted molar refractivity (Wildman–Crippen MR) is 132 cm³/mol. The largest absolute Gasteiger partial charge is 0.493 e. The molecule has 0 aliphatic heterocycles. The lowest BCUT2D eigenvalue weighted by molar-refractivity contribution is -0.121. The monoisotopic (exact) mass is 501 g/mol. The normalized spacial score (nSPS) is 10.8. The van der Waals surface area contributed by atoms with Crippen molar-refractivity contribution in [1.29, 1.82) is 0 Å². The number of nitrogens with one attached hydrogen (secondary N) is 3. The van der Waals surface area contributed by atoms with Crippen LogP contribution in [0.3, 0.4) is 0 Å². The summed E-state index contributed by atoms with van der Waals surface area (Å²) in [5.41, 5.74) is 1.78. The number of anilines is 2. The molecule has 0 saturated heterocycles. The maximum absolute atomic E-state index is 12.6. The third kappa shape index (κ3) is 6.86. The number of thiocarbonyl (C=S) groups is 1. The fourth-order valence-corrected chi connectivity index (χ4v) is 4.05. The molecule has 2 aromatic carbocycles. The smallest absolute Gasteiger partial charge is 0.264 e. The minimum atomic E-state index is -3.88. The highest BCUT2D eigenvalue weighted by Gasteiger charge is 2.16. The van der Waals surface area contributed by atoms with Gasteiger partial charge in [-0.25, -0.2) is 23.1 Å². The molecule has 0 bridgehead atoms. The van der Waals surface area contributed by atoms with Gasteiger partial charge < -0.3 is 14.8 Å². The summed E-state index contributed by atoms with van der Waals surface area (Å²) in [6.07, 6.45) is 0. The molecule has 3 N–H and O–H groups in total. The van der Waals surface area contributed by atoms with Gasteiger partial charge in [0.2, 0.25) is 5.95 Å². The number of carbonyl (C=O) groups excluding carboxylic acids is 1. The molecular formula is C22H23N5O5S2. The van der Waals surface area contributed by atoms with E-state index in [0.29, 0.717) is 28.6 Å². The van der Waals surface area contributed by atoms with Crippen LogP contribution in [0.4, 0.5) is 11.6 Å². The molecule has 34 heavy (non-hydrogen) atoms. The van der Waals surface area contributed by atoms with Gasteiger partial charge >= 0.3 is 0 Å². The number of sulfonamides is 1. The molecule has 0 fully saturated rings. The lowest BCUT2D eigenvalue weighted by Crippen LogP contribution is -2.37. The van der Waals surface area contributed by atoms with Crippen molar-refractivity contribution in [3.63, 3.8) is 0 Å². The summed E-state index contributed by atoms with van der Waals surface area (Å²) < 4.78 is 38.2. The van der Waals surface area contributed by atoms with Crippen LogP contribution in [0.25, 0.3) is 0 Å². The Kier molecular flexibility index (Phi) is 7.97. The Labute approximate surface area is 202 Å². The molecular weight excluding hydrogens is 478 g/mol. The fraction of sp³-hybridized carbons (Fsp3) is 0.182.